The van der Waals surface area contributed by atoms with Crippen LogP contribution in [0.4, 0.5) is 5.69 Å². The lowest BCUT2D eigenvalue weighted by Gasteiger charge is -2.28. The fourth-order valence-electron chi connectivity index (χ4n) is 4.12. The summed E-state index contributed by atoms with van der Waals surface area (Å²) in [4.78, 5) is 26.2. The Morgan fingerprint density at radius 1 is 1.06 bits per heavy atom. The SMILES string of the molecule is O=C(Cc1coc2ccc3ccccc3c12)NCc1ccc(N2CCNC(=O)C2)cc1. The van der Waals surface area contributed by atoms with E-state index in [0.717, 1.165) is 45.1 Å². The van der Waals surface area contributed by atoms with Crippen LogP contribution in [-0.2, 0) is 22.6 Å². The number of piperazine rings is 1. The molecule has 0 radical (unpaired) electrons. The van der Waals surface area contributed by atoms with Crippen molar-refractivity contribution in [1.29, 1.82) is 0 Å². The predicted molar refractivity (Wildman–Crippen MR) is 121 cm³/mol. The van der Waals surface area contributed by atoms with Crippen molar-refractivity contribution in [3.63, 3.8) is 0 Å². The molecule has 0 bridgehead atoms. The van der Waals surface area contributed by atoms with Crippen LogP contribution in [0.15, 0.2) is 71.3 Å². The van der Waals surface area contributed by atoms with Crippen molar-refractivity contribution in [1.82, 2.24) is 10.6 Å². The minimum Gasteiger partial charge on any atom is -0.464 e. The van der Waals surface area contributed by atoms with Gasteiger partial charge in [0.05, 0.1) is 19.2 Å². The van der Waals surface area contributed by atoms with Crippen molar-refractivity contribution >= 4 is 39.2 Å². The number of fused-ring (bicyclic) bond motifs is 3. The maximum Gasteiger partial charge on any atom is 0.239 e. The topological polar surface area (TPSA) is 74.6 Å². The highest BCUT2D eigenvalue weighted by Crippen LogP contribution is 2.30. The Bertz CT molecular complexity index is 1260. The number of anilines is 1. The largest absolute Gasteiger partial charge is 0.464 e. The van der Waals surface area contributed by atoms with E-state index in [4.69, 9.17) is 4.42 Å². The number of carbonyl (C=O) groups excluding carboxylic acids is 2. The molecular weight excluding hydrogens is 390 g/mol. The summed E-state index contributed by atoms with van der Waals surface area (Å²) in [6.07, 6.45) is 1.95. The highest BCUT2D eigenvalue weighted by molar-refractivity contribution is 6.08. The highest BCUT2D eigenvalue weighted by Gasteiger charge is 2.16. The summed E-state index contributed by atoms with van der Waals surface area (Å²) in [5.74, 6) is -0.00505. The molecule has 0 spiro atoms. The second-order valence-electron chi connectivity index (χ2n) is 7.81. The van der Waals surface area contributed by atoms with Gasteiger partial charge in [0.1, 0.15) is 5.58 Å². The number of rotatable bonds is 5. The van der Waals surface area contributed by atoms with Gasteiger partial charge in [-0.2, -0.15) is 0 Å². The molecule has 0 unspecified atom stereocenters. The molecule has 1 fully saturated rings. The molecular formula is C25H23N3O3. The molecule has 2 N–H and O–H groups in total. The fraction of sp³-hybridized carbons (Fsp3) is 0.200. The zero-order valence-electron chi connectivity index (χ0n) is 17.1. The van der Waals surface area contributed by atoms with Crippen LogP contribution in [0.25, 0.3) is 21.7 Å². The maximum atomic E-state index is 12.6. The third-order valence-corrected chi connectivity index (χ3v) is 5.72. The summed E-state index contributed by atoms with van der Waals surface area (Å²) in [5.41, 5.74) is 3.72. The van der Waals surface area contributed by atoms with Gasteiger partial charge in [0.25, 0.3) is 0 Å². The molecule has 6 heteroatoms. The number of nitrogens with zero attached hydrogens (tertiary/aromatic N) is 1. The summed E-state index contributed by atoms with van der Waals surface area (Å²) in [5, 5.41) is 9.06. The Morgan fingerprint density at radius 3 is 2.74 bits per heavy atom. The Labute approximate surface area is 179 Å². The van der Waals surface area contributed by atoms with Gasteiger partial charge in [0, 0.05) is 36.3 Å². The first-order chi connectivity index (χ1) is 15.2. The average Bonchev–Trinajstić information content (AvgIpc) is 3.21. The quantitative estimate of drug-likeness (QED) is 0.526. The molecule has 6 nitrogen and oxygen atoms in total. The van der Waals surface area contributed by atoms with Crippen LogP contribution in [0, 0.1) is 0 Å². The van der Waals surface area contributed by atoms with E-state index in [1.54, 1.807) is 6.26 Å². The van der Waals surface area contributed by atoms with Crippen LogP contribution >= 0.6 is 0 Å². The minimum absolute atomic E-state index is 0.0436. The van der Waals surface area contributed by atoms with Gasteiger partial charge in [-0.15, -0.1) is 0 Å². The second-order valence-corrected chi connectivity index (χ2v) is 7.81. The van der Waals surface area contributed by atoms with Gasteiger partial charge in [-0.3, -0.25) is 9.59 Å². The molecule has 2 amide bonds. The van der Waals surface area contributed by atoms with Gasteiger partial charge < -0.3 is 20.0 Å². The lowest BCUT2D eigenvalue weighted by atomic mass is 10.0. The van der Waals surface area contributed by atoms with Crippen molar-refractivity contribution in [2.24, 2.45) is 0 Å². The van der Waals surface area contributed by atoms with Crippen molar-refractivity contribution in [2.75, 3.05) is 24.5 Å². The van der Waals surface area contributed by atoms with E-state index in [-0.39, 0.29) is 18.2 Å². The molecule has 4 aromatic rings. The first-order valence-corrected chi connectivity index (χ1v) is 10.4. The van der Waals surface area contributed by atoms with E-state index in [1.165, 1.54) is 0 Å². The summed E-state index contributed by atoms with van der Waals surface area (Å²) in [6.45, 7) is 2.29. The van der Waals surface area contributed by atoms with Crippen LogP contribution < -0.4 is 15.5 Å². The molecule has 1 saturated heterocycles. The number of carbonyl (C=O) groups is 2. The second kappa shape index (κ2) is 8.14. The standard InChI is InChI=1S/C25H23N3O3/c29-23(13-19-16-31-22-10-7-18-3-1-2-4-21(18)25(19)22)27-14-17-5-8-20(9-6-17)28-12-11-26-24(30)15-28/h1-10,16H,11-15H2,(H,26,30)(H,27,29). The van der Waals surface area contributed by atoms with Gasteiger partial charge in [0.2, 0.25) is 11.8 Å². The molecule has 31 heavy (non-hydrogen) atoms. The zero-order valence-corrected chi connectivity index (χ0v) is 17.1. The summed E-state index contributed by atoms with van der Waals surface area (Å²) < 4.78 is 5.69. The Kier molecular flexibility index (Phi) is 5.04. The lowest BCUT2D eigenvalue weighted by Crippen LogP contribution is -2.47. The normalized spacial score (nSPS) is 14.1. The first kappa shape index (κ1) is 19.2. The van der Waals surface area contributed by atoms with E-state index in [1.807, 2.05) is 48.5 Å². The molecule has 1 aliphatic heterocycles. The number of amides is 2. The molecule has 1 aliphatic rings. The van der Waals surface area contributed by atoms with Crippen LogP contribution in [0.5, 0.6) is 0 Å². The summed E-state index contributed by atoms with van der Waals surface area (Å²) in [6, 6.07) is 20.1. The fourth-order valence-corrected chi connectivity index (χ4v) is 4.12. The van der Waals surface area contributed by atoms with Crippen molar-refractivity contribution < 1.29 is 14.0 Å². The van der Waals surface area contributed by atoms with E-state index in [9.17, 15) is 9.59 Å². The lowest BCUT2D eigenvalue weighted by molar-refractivity contribution is -0.121. The number of nitrogens with one attached hydrogen (secondary N) is 2. The smallest absolute Gasteiger partial charge is 0.239 e. The van der Waals surface area contributed by atoms with Gasteiger partial charge >= 0.3 is 0 Å². The first-order valence-electron chi connectivity index (χ1n) is 10.4. The van der Waals surface area contributed by atoms with Gasteiger partial charge in [-0.25, -0.2) is 0 Å². The number of hydrogen-bond acceptors (Lipinski definition) is 4. The molecule has 5 rings (SSSR count). The summed E-state index contributed by atoms with van der Waals surface area (Å²) >= 11 is 0. The Morgan fingerprint density at radius 2 is 1.90 bits per heavy atom. The minimum atomic E-state index is -0.0487. The number of furan rings is 1. The van der Waals surface area contributed by atoms with Gasteiger partial charge in [-0.1, -0.05) is 42.5 Å². The molecule has 0 atom stereocenters. The maximum absolute atomic E-state index is 12.6. The van der Waals surface area contributed by atoms with Gasteiger partial charge in [0.15, 0.2) is 0 Å². The average molecular weight is 413 g/mol. The number of hydrogen-bond donors (Lipinski definition) is 2. The molecule has 0 aliphatic carbocycles. The van der Waals surface area contributed by atoms with Crippen LogP contribution in [0.1, 0.15) is 11.1 Å². The number of benzene rings is 3. The molecule has 1 aromatic heterocycles. The van der Waals surface area contributed by atoms with E-state index >= 15 is 0 Å². The van der Waals surface area contributed by atoms with Crippen molar-refractivity contribution in [3.05, 3.63) is 78.1 Å². The van der Waals surface area contributed by atoms with Crippen LogP contribution in [-0.4, -0.2) is 31.4 Å². The Hall–Kier alpha value is -3.80. The van der Waals surface area contributed by atoms with E-state index in [2.05, 4.69) is 27.7 Å². The van der Waals surface area contributed by atoms with Crippen LogP contribution in [0.2, 0.25) is 0 Å². The van der Waals surface area contributed by atoms with Crippen molar-refractivity contribution in [2.45, 2.75) is 13.0 Å². The zero-order chi connectivity index (χ0) is 21.2. The molecule has 156 valence electrons. The summed E-state index contributed by atoms with van der Waals surface area (Å²) in [7, 11) is 0. The third-order valence-electron chi connectivity index (χ3n) is 5.72. The third kappa shape index (κ3) is 3.97. The van der Waals surface area contributed by atoms with E-state index in [0.29, 0.717) is 19.6 Å². The van der Waals surface area contributed by atoms with Crippen LogP contribution in [0.3, 0.4) is 0 Å². The molecule has 3 aromatic carbocycles. The molecule has 2 heterocycles. The van der Waals surface area contributed by atoms with Crippen molar-refractivity contribution in [3.8, 4) is 0 Å². The monoisotopic (exact) mass is 413 g/mol. The molecule has 0 saturated carbocycles. The van der Waals surface area contributed by atoms with E-state index < -0.39 is 0 Å². The Balaban J connectivity index is 1.24. The van der Waals surface area contributed by atoms with Gasteiger partial charge in [-0.05, 0) is 34.5 Å². The predicted octanol–water partition coefficient (Wildman–Crippen LogP) is 3.38. The highest BCUT2D eigenvalue weighted by atomic mass is 16.3.